The van der Waals surface area contributed by atoms with Crippen LogP contribution in [0.25, 0.3) is 0 Å². The van der Waals surface area contributed by atoms with E-state index in [-0.39, 0.29) is 11.3 Å². The highest BCUT2D eigenvalue weighted by Crippen LogP contribution is 2.16. The van der Waals surface area contributed by atoms with E-state index >= 15 is 0 Å². The van der Waals surface area contributed by atoms with Gasteiger partial charge >= 0.3 is 11.9 Å². The average Bonchev–Trinajstić information content (AvgIpc) is 2.63. The van der Waals surface area contributed by atoms with Gasteiger partial charge in [-0.25, -0.2) is 4.79 Å². The van der Waals surface area contributed by atoms with Crippen molar-refractivity contribution >= 4 is 11.9 Å². The molecule has 1 aromatic rings. The Labute approximate surface area is 160 Å². The molecule has 0 amide bonds. The Morgan fingerprint density at radius 2 is 1.37 bits per heavy atom. The Bertz CT molecular complexity index is 573. The summed E-state index contributed by atoms with van der Waals surface area (Å²) in [5, 5.41) is 34.7. The summed E-state index contributed by atoms with van der Waals surface area (Å²) >= 11 is 0. The number of aromatic hydroxyl groups is 1. The van der Waals surface area contributed by atoms with E-state index < -0.39 is 18.0 Å². The molecule has 6 nitrogen and oxygen atoms in total. The number of aliphatic hydroxyl groups is 1. The van der Waals surface area contributed by atoms with Crippen molar-refractivity contribution in [2.24, 2.45) is 0 Å². The number of aliphatic hydroxyl groups excluding tert-OH is 1. The van der Waals surface area contributed by atoms with Crippen molar-refractivity contribution in [2.45, 2.75) is 70.3 Å². The number of benzene rings is 1. The molecule has 0 fully saturated rings. The lowest BCUT2D eigenvalue weighted by molar-refractivity contribution is -0.147. The molecule has 0 aromatic heterocycles. The van der Waals surface area contributed by atoms with Crippen molar-refractivity contribution in [3.05, 3.63) is 29.8 Å². The zero-order valence-corrected chi connectivity index (χ0v) is 15.6. The monoisotopic (exact) mass is 378 g/mol. The van der Waals surface area contributed by atoms with E-state index in [4.69, 9.17) is 26.8 Å². The topological polar surface area (TPSA) is 115 Å². The van der Waals surface area contributed by atoms with Gasteiger partial charge in [0.2, 0.25) is 0 Å². The van der Waals surface area contributed by atoms with E-state index in [9.17, 15) is 9.59 Å². The Kier molecular flexibility index (Phi) is 14.2. The lowest BCUT2D eigenvalue weighted by Gasteiger charge is -2.04. The van der Waals surface area contributed by atoms with E-state index in [0.29, 0.717) is 6.42 Å². The van der Waals surface area contributed by atoms with E-state index in [1.165, 1.54) is 56.4 Å². The number of carboxylic acid groups (broad SMARTS) is 2. The predicted octanol–water partition coefficient (Wildman–Crippen LogP) is 4.12. The van der Waals surface area contributed by atoms with Gasteiger partial charge in [-0.15, -0.1) is 12.3 Å². The van der Waals surface area contributed by atoms with E-state index in [0.717, 1.165) is 25.7 Å². The van der Waals surface area contributed by atoms with Gasteiger partial charge < -0.3 is 20.4 Å². The van der Waals surface area contributed by atoms with Crippen molar-refractivity contribution in [3.63, 3.8) is 0 Å². The fraction of sp³-hybridized carbons (Fsp3) is 0.524. The number of rotatable bonds is 12. The maximum atomic E-state index is 10.3. The third-order valence-corrected chi connectivity index (χ3v) is 3.90. The smallest absolute Gasteiger partial charge is 0.337 e. The number of hydrogen-bond donors (Lipinski definition) is 4. The summed E-state index contributed by atoms with van der Waals surface area (Å²) in [5.41, 5.74) is 0.250. The molecule has 1 aromatic carbocycles. The molecule has 6 heteroatoms. The number of carboxylic acids is 2. The first-order chi connectivity index (χ1) is 12.9. The van der Waals surface area contributed by atoms with Crippen LogP contribution in [0.5, 0.6) is 5.75 Å². The molecule has 0 saturated carbocycles. The highest BCUT2D eigenvalue weighted by Gasteiger charge is 2.14. The Hall–Kier alpha value is -2.52. The first-order valence-electron chi connectivity index (χ1n) is 9.23. The number of phenolic OH excluding ortho intramolecular Hbond substituents is 1. The van der Waals surface area contributed by atoms with Gasteiger partial charge in [-0.05, 0) is 30.5 Å². The van der Waals surface area contributed by atoms with E-state index in [1.807, 2.05) is 0 Å². The SMILES string of the molecule is C#CCCCCCCCCCCC(=O)O.O=C(O)[C@H](O)c1ccc(O)cc1. The van der Waals surface area contributed by atoms with Crippen LogP contribution in [-0.2, 0) is 9.59 Å². The molecule has 0 aliphatic heterocycles. The van der Waals surface area contributed by atoms with E-state index in [2.05, 4.69) is 5.92 Å². The van der Waals surface area contributed by atoms with Crippen molar-refractivity contribution in [2.75, 3.05) is 0 Å². The second-order valence-corrected chi connectivity index (χ2v) is 6.26. The zero-order chi connectivity index (χ0) is 20.5. The van der Waals surface area contributed by atoms with Crippen LogP contribution in [0.1, 0.15) is 75.9 Å². The van der Waals surface area contributed by atoms with Crippen molar-refractivity contribution in [1.29, 1.82) is 0 Å². The molecule has 0 aliphatic carbocycles. The lowest BCUT2D eigenvalue weighted by Crippen LogP contribution is -2.09. The summed E-state index contributed by atoms with van der Waals surface area (Å²) in [6.07, 6.45) is 14.0. The summed E-state index contributed by atoms with van der Waals surface area (Å²) < 4.78 is 0. The number of terminal acetylenes is 1. The van der Waals surface area contributed by atoms with Gasteiger partial charge in [-0.1, -0.05) is 50.7 Å². The number of phenols is 1. The van der Waals surface area contributed by atoms with Crippen LogP contribution in [0.4, 0.5) is 0 Å². The lowest BCUT2D eigenvalue weighted by atomic mass is 10.1. The molecule has 0 bridgehead atoms. The highest BCUT2D eigenvalue weighted by atomic mass is 16.4. The molecule has 0 saturated heterocycles. The minimum Gasteiger partial charge on any atom is -0.508 e. The first-order valence-corrected chi connectivity index (χ1v) is 9.23. The van der Waals surface area contributed by atoms with Crippen LogP contribution in [0.15, 0.2) is 24.3 Å². The van der Waals surface area contributed by atoms with Crippen LogP contribution in [0, 0.1) is 12.3 Å². The van der Waals surface area contributed by atoms with E-state index in [1.54, 1.807) is 0 Å². The summed E-state index contributed by atoms with van der Waals surface area (Å²) in [4.78, 5) is 20.5. The standard InChI is InChI=1S/C13H22O2.C8H8O4/c1-2-3-4-5-6-7-8-9-10-11-12-13(14)15;9-6-3-1-5(2-4-6)7(10)8(11)12/h1H,3-12H2,(H,14,15);1-4,7,9-10H,(H,11,12)/t;7-/m.1/s1. The first kappa shape index (κ1) is 24.5. The molecule has 150 valence electrons. The van der Waals surface area contributed by atoms with Gasteiger partial charge in [-0.3, -0.25) is 4.79 Å². The fourth-order valence-corrected chi connectivity index (χ4v) is 2.36. The molecule has 0 aliphatic rings. The molecule has 1 atom stereocenters. The summed E-state index contributed by atoms with van der Waals surface area (Å²) in [7, 11) is 0. The van der Waals surface area contributed by atoms with Crippen LogP contribution >= 0.6 is 0 Å². The minimum atomic E-state index is -1.52. The molecule has 0 heterocycles. The average molecular weight is 378 g/mol. The minimum absolute atomic E-state index is 0.0383. The number of carbonyl (C=O) groups is 2. The second-order valence-electron chi connectivity index (χ2n) is 6.26. The van der Waals surface area contributed by atoms with Crippen LogP contribution in [0.2, 0.25) is 0 Å². The highest BCUT2D eigenvalue weighted by molar-refractivity contribution is 5.74. The van der Waals surface area contributed by atoms with Crippen molar-refractivity contribution in [3.8, 4) is 18.1 Å². The van der Waals surface area contributed by atoms with Gasteiger partial charge in [0.05, 0.1) is 0 Å². The Morgan fingerprint density at radius 1 is 0.889 bits per heavy atom. The fourth-order valence-electron chi connectivity index (χ4n) is 2.36. The number of unbranched alkanes of at least 4 members (excludes halogenated alkanes) is 8. The van der Waals surface area contributed by atoms with Gasteiger partial charge in [0.15, 0.2) is 6.10 Å². The van der Waals surface area contributed by atoms with Crippen LogP contribution < -0.4 is 0 Å². The molecule has 1 rings (SSSR count). The normalized spacial score (nSPS) is 11.0. The molecule has 27 heavy (non-hydrogen) atoms. The quantitative estimate of drug-likeness (QED) is 0.321. The van der Waals surface area contributed by atoms with Crippen molar-refractivity contribution < 1.29 is 30.0 Å². The molecular weight excluding hydrogens is 348 g/mol. The molecule has 0 radical (unpaired) electrons. The largest absolute Gasteiger partial charge is 0.508 e. The molecule has 0 spiro atoms. The maximum absolute atomic E-state index is 10.3. The van der Waals surface area contributed by atoms with Crippen molar-refractivity contribution in [1.82, 2.24) is 0 Å². The zero-order valence-electron chi connectivity index (χ0n) is 15.6. The van der Waals surface area contributed by atoms with Gasteiger partial charge in [0.1, 0.15) is 5.75 Å². The van der Waals surface area contributed by atoms with Crippen LogP contribution in [-0.4, -0.2) is 32.4 Å². The van der Waals surface area contributed by atoms with Gasteiger partial charge in [-0.2, -0.15) is 0 Å². The second kappa shape index (κ2) is 15.7. The number of hydrogen-bond acceptors (Lipinski definition) is 4. The third-order valence-electron chi connectivity index (χ3n) is 3.90. The third kappa shape index (κ3) is 14.3. The number of aliphatic carboxylic acids is 2. The van der Waals surface area contributed by atoms with Gasteiger partial charge in [0, 0.05) is 12.8 Å². The molecule has 4 N–H and O–H groups in total. The summed E-state index contributed by atoms with van der Waals surface area (Å²) in [6.45, 7) is 0. The Balaban J connectivity index is 0.000000511. The van der Waals surface area contributed by atoms with Crippen LogP contribution in [0.3, 0.4) is 0 Å². The molecule has 0 unspecified atom stereocenters. The maximum Gasteiger partial charge on any atom is 0.337 e. The Morgan fingerprint density at radius 3 is 1.81 bits per heavy atom. The summed E-state index contributed by atoms with van der Waals surface area (Å²) in [5.74, 6) is 0.698. The summed E-state index contributed by atoms with van der Waals surface area (Å²) in [6, 6.07) is 5.35. The predicted molar refractivity (Wildman–Crippen MR) is 103 cm³/mol. The molecular formula is C21H30O6. The van der Waals surface area contributed by atoms with Gasteiger partial charge in [0.25, 0.3) is 0 Å².